The van der Waals surface area contributed by atoms with Crippen molar-refractivity contribution in [1.82, 2.24) is 5.32 Å². The number of benzene rings is 1. The van der Waals surface area contributed by atoms with E-state index in [0.29, 0.717) is 16.3 Å². The van der Waals surface area contributed by atoms with Gasteiger partial charge in [0.15, 0.2) is 6.23 Å². The number of hydrogen-bond donors (Lipinski definition) is 3. The Bertz CT molecular complexity index is 553. The van der Waals surface area contributed by atoms with E-state index in [1.165, 1.54) is 5.06 Å². The number of hydroxylamine groups is 1. The van der Waals surface area contributed by atoms with Crippen LogP contribution in [0.25, 0.3) is 0 Å². The van der Waals surface area contributed by atoms with E-state index in [2.05, 4.69) is 5.32 Å². The van der Waals surface area contributed by atoms with Crippen molar-refractivity contribution in [3.63, 3.8) is 0 Å². The van der Waals surface area contributed by atoms with Gasteiger partial charge in [-0.05, 0) is 6.07 Å². The zero-order valence-electron chi connectivity index (χ0n) is 10.1. The predicted molar refractivity (Wildman–Crippen MR) is 67.8 cm³/mol. The highest BCUT2D eigenvalue weighted by atomic mass is 35.5. The van der Waals surface area contributed by atoms with E-state index >= 15 is 0 Å². The van der Waals surface area contributed by atoms with Crippen molar-refractivity contribution in [2.24, 2.45) is 0 Å². The Balaban J connectivity index is 2.11. The number of nitrogens with one attached hydrogen (secondary N) is 1. The normalized spacial score (nSPS) is 32.9. The van der Waals surface area contributed by atoms with Crippen molar-refractivity contribution < 1.29 is 19.8 Å². The lowest BCUT2D eigenvalue weighted by molar-refractivity contribution is -0.139. The number of aliphatic carboxylic acids is 1. The third kappa shape index (κ3) is 1.72. The molecule has 0 radical (unpaired) electrons. The highest BCUT2D eigenvalue weighted by Gasteiger charge is 2.55. The Morgan fingerprint density at radius 1 is 1.63 bits per heavy atom. The smallest absolute Gasteiger partial charge is 0.320 e. The fourth-order valence-corrected chi connectivity index (χ4v) is 3.01. The largest absolute Gasteiger partial charge is 0.480 e. The summed E-state index contributed by atoms with van der Waals surface area (Å²) in [4.78, 5) is 16.6. The minimum atomic E-state index is -1.39. The second kappa shape index (κ2) is 4.08. The number of anilines is 1. The van der Waals surface area contributed by atoms with Gasteiger partial charge < -0.3 is 10.2 Å². The van der Waals surface area contributed by atoms with Crippen LogP contribution in [0, 0.1) is 0 Å². The molecule has 1 aromatic rings. The number of aliphatic hydroxyl groups is 1. The maximum atomic E-state index is 11.1. The van der Waals surface area contributed by atoms with Crippen LogP contribution in [0.5, 0.6) is 0 Å². The van der Waals surface area contributed by atoms with E-state index in [0.717, 1.165) is 0 Å². The minimum Gasteiger partial charge on any atom is -0.480 e. The summed E-state index contributed by atoms with van der Waals surface area (Å²) in [5.41, 5.74) is -0.249. The zero-order chi connectivity index (χ0) is 13.8. The minimum absolute atomic E-state index is 0.0359. The highest BCUT2D eigenvalue weighted by Crippen LogP contribution is 2.47. The summed E-state index contributed by atoms with van der Waals surface area (Å²) in [7, 11) is 1.67. The second-order valence-electron chi connectivity index (χ2n) is 4.80. The van der Waals surface area contributed by atoms with E-state index in [1.54, 1.807) is 25.2 Å². The van der Waals surface area contributed by atoms with Crippen LogP contribution in [0.1, 0.15) is 12.0 Å². The molecular formula is C12H13ClN2O4. The molecule has 0 bridgehead atoms. The van der Waals surface area contributed by atoms with Crippen LogP contribution < -0.4 is 10.4 Å². The summed E-state index contributed by atoms with van der Waals surface area (Å²) in [6.45, 7) is 0. The number of hydrogen-bond acceptors (Lipinski definition) is 5. The van der Waals surface area contributed by atoms with Crippen molar-refractivity contribution in [1.29, 1.82) is 0 Å². The number of rotatable bonds is 1. The topological polar surface area (TPSA) is 82.0 Å². The fourth-order valence-electron chi connectivity index (χ4n) is 2.72. The lowest BCUT2D eigenvalue weighted by Gasteiger charge is -2.40. The molecule has 0 amide bonds. The number of para-hydroxylation sites is 1. The first-order valence-electron chi connectivity index (χ1n) is 5.84. The van der Waals surface area contributed by atoms with E-state index in [1.807, 2.05) is 0 Å². The summed E-state index contributed by atoms with van der Waals surface area (Å²) in [5.74, 6) is -1.02. The number of carboxylic acid groups (broad SMARTS) is 1. The van der Waals surface area contributed by atoms with E-state index in [4.69, 9.17) is 21.5 Å². The molecule has 19 heavy (non-hydrogen) atoms. The molecule has 7 heteroatoms. The van der Waals surface area contributed by atoms with Crippen LogP contribution in [-0.2, 0) is 15.2 Å². The fraction of sp³-hybridized carbons (Fsp3) is 0.417. The first kappa shape index (κ1) is 12.7. The molecular weight excluding hydrogens is 272 g/mol. The maximum Gasteiger partial charge on any atom is 0.320 e. The molecule has 1 aromatic carbocycles. The molecule has 6 nitrogen and oxygen atoms in total. The molecule has 0 spiro atoms. The first-order chi connectivity index (χ1) is 8.93. The molecule has 2 aliphatic heterocycles. The Morgan fingerprint density at radius 3 is 3.05 bits per heavy atom. The molecule has 3 N–H and O–H groups in total. The Hall–Kier alpha value is -1.34. The van der Waals surface area contributed by atoms with Crippen LogP contribution in [0.3, 0.4) is 0 Å². The van der Waals surface area contributed by atoms with Gasteiger partial charge in [0.1, 0.15) is 11.6 Å². The van der Waals surface area contributed by atoms with Crippen LogP contribution in [-0.4, -0.2) is 35.5 Å². The second-order valence-corrected chi connectivity index (χ2v) is 5.21. The van der Waals surface area contributed by atoms with Crippen molar-refractivity contribution >= 4 is 23.3 Å². The number of halogens is 1. The molecule has 0 saturated carbocycles. The van der Waals surface area contributed by atoms with Crippen molar-refractivity contribution in [3.8, 4) is 0 Å². The standard InChI is InChI=1S/C12H13ClN2O4/c1-15-9-6(3-2-4-7(9)13)12(18)5-8(10(16)17)14-11(12)19-15/h2-4,8,11,14,18H,5H2,1H3,(H,16,17). The average molecular weight is 285 g/mol. The summed E-state index contributed by atoms with van der Waals surface area (Å²) in [5, 5.41) is 24.5. The number of carbonyl (C=O) groups is 1. The molecule has 0 aliphatic carbocycles. The van der Waals surface area contributed by atoms with Gasteiger partial charge >= 0.3 is 5.97 Å². The summed E-state index contributed by atoms with van der Waals surface area (Å²) in [6.07, 6.45) is -0.765. The third-order valence-electron chi connectivity index (χ3n) is 3.63. The molecule has 3 rings (SSSR count). The van der Waals surface area contributed by atoms with Gasteiger partial charge in [-0.15, -0.1) is 0 Å². The quantitative estimate of drug-likeness (QED) is 0.704. The highest BCUT2D eigenvalue weighted by molar-refractivity contribution is 6.33. The van der Waals surface area contributed by atoms with Gasteiger partial charge in [-0.3, -0.25) is 20.0 Å². The number of nitrogens with zero attached hydrogens (tertiary/aromatic N) is 1. The summed E-state index contributed by atoms with van der Waals surface area (Å²) >= 11 is 6.12. The molecule has 3 unspecified atom stereocenters. The summed E-state index contributed by atoms with van der Waals surface area (Å²) < 4.78 is 0. The van der Waals surface area contributed by atoms with Crippen LogP contribution in [0.4, 0.5) is 5.69 Å². The average Bonchev–Trinajstić information content (AvgIpc) is 2.68. The van der Waals surface area contributed by atoms with E-state index < -0.39 is 23.8 Å². The van der Waals surface area contributed by atoms with Gasteiger partial charge in [-0.25, -0.2) is 0 Å². The maximum absolute atomic E-state index is 11.1. The third-order valence-corrected chi connectivity index (χ3v) is 3.94. The lowest BCUT2D eigenvalue weighted by Crippen LogP contribution is -2.51. The lowest BCUT2D eigenvalue weighted by atomic mass is 9.87. The number of carboxylic acids is 1. The molecule has 3 atom stereocenters. The van der Waals surface area contributed by atoms with Crippen molar-refractivity contribution in [3.05, 3.63) is 28.8 Å². The van der Waals surface area contributed by atoms with Gasteiger partial charge in [0, 0.05) is 19.0 Å². The SMILES string of the molecule is CN1OC2NC(C(=O)O)CC2(O)c2cccc(Cl)c21. The van der Waals surface area contributed by atoms with E-state index in [-0.39, 0.29) is 6.42 Å². The van der Waals surface area contributed by atoms with Crippen molar-refractivity contribution in [2.75, 3.05) is 12.1 Å². The molecule has 2 aliphatic rings. The molecule has 0 aromatic heterocycles. The van der Waals surface area contributed by atoms with Gasteiger partial charge in [-0.1, -0.05) is 23.7 Å². The summed E-state index contributed by atoms with van der Waals surface area (Å²) in [6, 6.07) is 4.30. The van der Waals surface area contributed by atoms with Gasteiger partial charge in [-0.2, -0.15) is 0 Å². The van der Waals surface area contributed by atoms with Crippen LogP contribution >= 0.6 is 11.6 Å². The first-order valence-corrected chi connectivity index (χ1v) is 6.22. The van der Waals surface area contributed by atoms with Gasteiger partial charge in [0.05, 0.1) is 10.7 Å². The Labute approximate surface area is 114 Å². The molecule has 2 heterocycles. The molecule has 1 fully saturated rings. The predicted octanol–water partition coefficient (Wildman–Crippen LogP) is 0.682. The van der Waals surface area contributed by atoms with E-state index in [9.17, 15) is 9.90 Å². The molecule has 1 saturated heterocycles. The Morgan fingerprint density at radius 2 is 2.37 bits per heavy atom. The monoisotopic (exact) mass is 284 g/mol. The van der Waals surface area contributed by atoms with Crippen LogP contribution in [0.2, 0.25) is 5.02 Å². The Kier molecular flexibility index (Phi) is 2.72. The zero-order valence-corrected chi connectivity index (χ0v) is 10.9. The molecule has 102 valence electrons. The van der Waals surface area contributed by atoms with Gasteiger partial charge in [0.25, 0.3) is 0 Å². The van der Waals surface area contributed by atoms with Crippen LogP contribution in [0.15, 0.2) is 18.2 Å². The number of fused-ring (bicyclic) bond motifs is 3. The van der Waals surface area contributed by atoms with Gasteiger partial charge in [0.2, 0.25) is 0 Å². The van der Waals surface area contributed by atoms with Crippen molar-refractivity contribution in [2.45, 2.75) is 24.3 Å².